The highest BCUT2D eigenvalue weighted by molar-refractivity contribution is 7.80. The number of carbonyl (C=O) groups excluding carboxylic acids is 1. The minimum atomic E-state index is -0.360. The Hall–Kier alpha value is -2.93. The molecule has 5 nitrogen and oxygen atoms in total. The van der Waals surface area contributed by atoms with Crippen LogP contribution in [0.25, 0.3) is 11.1 Å². The second-order valence-electron chi connectivity index (χ2n) is 6.93. The number of nitrogens with zero attached hydrogens (tertiary/aromatic N) is 2. The molecule has 7 heteroatoms. The molecule has 3 aromatic rings. The fraction of sp³-hybridized carbons (Fsp3) is 0.273. The van der Waals surface area contributed by atoms with E-state index < -0.39 is 0 Å². The number of ketones is 1. The van der Waals surface area contributed by atoms with E-state index in [-0.39, 0.29) is 30.0 Å². The molecule has 0 amide bonds. The number of Topliss-reactive ketones (excluding diaryl/α,β-unsaturated/α-hetero) is 1. The van der Waals surface area contributed by atoms with Gasteiger partial charge in [-0.25, -0.2) is 4.39 Å². The molecule has 0 aliphatic rings. The van der Waals surface area contributed by atoms with E-state index in [2.05, 4.69) is 15.5 Å². The van der Waals surface area contributed by atoms with Crippen LogP contribution in [0.2, 0.25) is 0 Å². The number of hydrogen-bond donors (Lipinski definition) is 1. The van der Waals surface area contributed by atoms with Gasteiger partial charge in [-0.15, -0.1) is 0 Å². The average molecular weight is 412 g/mol. The zero-order chi connectivity index (χ0) is 21.0. The van der Waals surface area contributed by atoms with Gasteiger partial charge in [0.05, 0.1) is 23.4 Å². The topological polar surface area (TPSA) is 68.0 Å². The van der Waals surface area contributed by atoms with Gasteiger partial charge >= 0.3 is 0 Å². The summed E-state index contributed by atoms with van der Waals surface area (Å²) in [5.74, 6) is -0.123. The maximum absolute atomic E-state index is 14.6. The summed E-state index contributed by atoms with van der Waals surface area (Å²) in [5.41, 5.74) is 2.11. The van der Waals surface area contributed by atoms with Crippen LogP contribution in [-0.4, -0.2) is 20.9 Å². The van der Waals surface area contributed by atoms with E-state index in [9.17, 15) is 9.18 Å². The molecule has 1 N–H and O–H groups in total. The second kappa shape index (κ2) is 9.05. The Labute approximate surface area is 174 Å². The maximum Gasteiger partial charge on any atom is 0.233 e. The van der Waals surface area contributed by atoms with E-state index in [0.29, 0.717) is 22.3 Å². The molecule has 2 atom stereocenters. The largest absolute Gasteiger partial charge is 0.372 e. The van der Waals surface area contributed by atoms with Crippen LogP contribution in [0.1, 0.15) is 44.0 Å². The van der Waals surface area contributed by atoms with Crippen LogP contribution in [0.4, 0.5) is 4.39 Å². The van der Waals surface area contributed by atoms with Crippen molar-refractivity contribution in [3.05, 3.63) is 71.6 Å². The van der Waals surface area contributed by atoms with Crippen molar-refractivity contribution in [3.8, 4) is 11.1 Å². The Morgan fingerprint density at radius 3 is 2.59 bits per heavy atom. The molecule has 2 unspecified atom stereocenters. The number of nitrogens with one attached hydrogen (secondary N) is 1. The molecule has 0 saturated carbocycles. The van der Waals surface area contributed by atoms with E-state index in [1.165, 1.54) is 13.0 Å². The standard InChI is InChI=1S/C22H22FN3O2S/c1-13(15(3)27)22(29)24-12-20-25-21(28-26-20)14(2)17-9-10-18(19(23)11-17)16-7-5-4-6-8-16/h4-11,13-14H,12H2,1-3H3,(H,24,29). The lowest BCUT2D eigenvalue weighted by Gasteiger charge is -2.10. The fourth-order valence-electron chi connectivity index (χ4n) is 2.81. The number of rotatable bonds is 7. The van der Waals surface area contributed by atoms with Crippen molar-refractivity contribution >= 4 is 23.0 Å². The summed E-state index contributed by atoms with van der Waals surface area (Å²) >= 11 is 5.19. The molecule has 0 saturated heterocycles. The van der Waals surface area contributed by atoms with Gasteiger partial charge < -0.3 is 9.84 Å². The van der Waals surface area contributed by atoms with Gasteiger partial charge in [-0.2, -0.15) is 4.98 Å². The highest BCUT2D eigenvalue weighted by Crippen LogP contribution is 2.28. The van der Waals surface area contributed by atoms with Gasteiger partial charge in [0, 0.05) is 5.56 Å². The molecule has 0 aliphatic carbocycles. The predicted octanol–water partition coefficient (Wildman–Crippen LogP) is 4.67. The molecule has 3 rings (SSSR count). The predicted molar refractivity (Wildman–Crippen MR) is 113 cm³/mol. The molecule has 0 aliphatic heterocycles. The molecule has 29 heavy (non-hydrogen) atoms. The van der Waals surface area contributed by atoms with Crippen LogP contribution in [0.5, 0.6) is 0 Å². The van der Waals surface area contributed by atoms with Gasteiger partial charge in [0.15, 0.2) is 5.82 Å². The Morgan fingerprint density at radius 2 is 1.93 bits per heavy atom. The van der Waals surface area contributed by atoms with Crippen molar-refractivity contribution in [1.82, 2.24) is 15.5 Å². The van der Waals surface area contributed by atoms with Gasteiger partial charge in [-0.05, 0) is 38.0 Å². The lowest BCUT2D eigenvalue weighted by atomic mass is 9.97. The van der Waals surface area contributed by atoms with Crippen LogP contribution >= 0.6 is 12.2 Å². The first-order chi connectivity index (χ1) is 13.9. The van der Waals surface area contributed by atoms with E-state index >= 15 is 0 Å². The number of aromatic nitrogens is 2. The third kappa shape index (κ3) is 4.92. The summed E-state index contributed by atoms with van der Waals surface area (Å²) < 4.78 is 20.0. The second-order valence-corrected chi connectivity index (χ2v) is 7.37. The van der Waals surface area contributed by atoms with Gasteiger partial charge in [0.25, 0.3) is 0 Å². The maximum atomic E-state index is 14.6. The molecule has 1 heterocycles. The number of thiocarbonyl (C=S) groups is 1. The quantitative estimate of drug-likeness (QED) is 0.570. The zero-order valence-corrected chi connectivity index (χ0v) is 17.3. The SMILES string of the molecule is CC(=O)C(C)C(=S)NCc1noc(C(C)c2ccc(-c3ccccc3)c(F)c2)n1. The average Bonchev–Trinajstić information content (AvgIpc) is 3.20. The van der Waals surface area contributed by atoms with Crippen molar-refractivity contribution in [3.63, 3.8) is 0 Å². The van der Waals surface area contributed by atoms with Gasteiger partial charge in [0.2, 0.25) is 5.89 Å². The summed E-state index contributed by atoms with van der Waals surface area (Å²) in [6.07, 6.45) is 0. The van der Waals surface area contributed by atoms with E-state index in [0.717, 1.165) is 11.1 Å². The van der Waals surface area contributed by atoms with Gasteiger partial charge in [-0.1, -0.05) is 59.8 Å². The molecule has 1 aromatic heterocycles. The smallest absolute Gasteiger partial charge is 0.233 e. The molecular formula is C22H22FN3O2S. The monoisotopic (exact) mass is 411 g/mol. The first-order valence-corrected chi connectivity index (χ1v) is 9.73. The summed E-state index contributed by atoms with van der Waals surface area (Å²) in [4.78, 5) is 16.2. The summed E-state index contributed by atoms with van der Waals surface area (Å²) in [6, 6.07) is 14.5. The number of carbonyl (C=O) groups is 1. The summed E-state index contributed by atoms with van der Waals surface area (Å²) in [5, 5.41) is 6.91. The number of halogens is 1. The van der Waals surface area contributed by atoms with Crippen LogP contribution in [0.15, 0.2) is 53.1 Å². The van der Waals surface area contributed by atoms with Crippen LogP contribution in [0.3, 0.4) is 0 Å². The van der Waals surface area contributed by atoms with Crippen LogP contribution < -0.4 is 5.32 Å². The first-order valence-electron chi connectivity index (χ1n) is 9.32. The highest BCUT2D eigenvalue weighted by atomic mass is 32.1. The molecule has 150 valence electrons. The minimum Gasteiger partial charge on any atom is -0.372 e. The van der Waals surface area contributed by atoms with Crippen LogP contribution in [-0.2, 0) is 11.3 Å². The Morgan fingerprint density at radius 1 is 1.21 bits per heavy atom. The number of hydrogen-bond acceptors (Lipinski definition) is 5. The lowest BCUT2D eigenvalue weighted by molar-refractivity contribution is -0.118. The van der Waals surface area contributed by atoms with Crippen LogP contribution in [0, 0.1) is 11.7 Å². The van der Waals surface area contributed by atoms with Crippen molar-refractivity contribution < 1.29 is 13.7 Å². The van der Waals surface area contributed by atoms with Gasteiger partial charge in [0.1, 0.15) is 11.6 Å². The first kappa shape index (κ1) is 20.8. The van der Waals surface area contributed by atoms with Crippen molar-refractivity contribution in [2.24, 2.45) is 5.92 Å². The Kier molecular flexibility index (Phi) is 6.49. The van der Waals surface area contributed by atoms with E-state index in [1.807, 2.05) is 43.3 Å². The minimum absolute atomic E-state index is 0.00843. The molecule has 0 spiro atoms. The number of benzene rings is 2. The third-order valence-electron chi connectivity index (χ3n) is 4.86. The summed E-state index contributed by atoms with van der Waals surface area (Å²) in [6.45, 7) is 5.38. The van der Waals surface area contributed by atoms with Gasteiger partial charge in [-0.3, -0.25) is 4.79 Å². The molecular weight excluding hydrogens is 389 g/mol. The molecule has 0 fully saturated rings. The zero-order valence-electron chi connectivity index (χ0n) is 16.5. The molecule has 0 radical (unpaired) electrons. The molecule has 2 aromatic carbocycles. The van der Waals surface area contributed by atoms with Crippen molar-refractivity contribution in [2.45, 2.75) is 33.2 Å². The fourth-order valence-corrected chi connectivity index (χ4v) is 3.05. The van der Waals surface area contributed by atoms with E-state index in [1.54, 1.807) is 13.0 Å². The summed E-state index contributed by atoms with van der Waals surface area (Å²) in [7, 11) is 0. The lowest BCUT2D eigenvalue weighted by Crippen LogP contribution is -2.30. The Bertz CT molecular complexity index is 1020. The highest BCUT2D eigenvalue weighted by Gasteiger charge is 2.19. The Balaban J connectivity index is 1.70. The third-order valence-corrected chi connectivity index (χ3v) is 5.35. The van der Waals surface area contributed by atoms with Crippen molar-refractivity contribution in [1.29, 1.82) is 0 Å². The normalized spacial score (nSPS) is 13.0. The van der Waals surface area contributed by atoms with Crippen molar-refractivity contribution in [2.75, 3.05) is 0 Å². The molecule has 0 bridgehead atoms. The van der Waals surface area contributed by atoms with E-state index in [4.69, 9.17) is 16.7 Å².